The molecule has 0 saturated carbocycles. The summed E-state index contributed by atoms with van der Waals surface area (Å²) in [6.45, 7) is 0.842. The van der Waals surface area contributed by atoms with E-state index < -0.39 is 0 Å². The van der Waals surface area contributed by atoms with Crippen LogP contribution in [0.3, 0.4) is 0 Å². The van der Waals surface area contributed by atoms with E-state index in [1.54, 1.807) is 0 Å². The number of hydrogen-bond donors (Lipinski definition) is 1. The highest BCUT2D eigenvalue weighted by Gasteiger charge is 2.17. The van der Waals surface area contributed by atoms with Gasteiger partial charge in [-0.25, -0.2) is 4.98 Å². The Morgan fingerprint density at radius 2 is 1.95 bits per heavy atom. The number of aromatic nitrogens is 2. The van der Waals surface area contributed by atoms with Crippen LogP contribution >= 0.6 is 0 Å². The first-order valence-electron chi connectivity index (χ1n) is 7.61. The predicted octanol–water partition coefficient (Wildman–Crippen LogP) is 2.98. The van der Waals surface area contributed by atoms with Crippen molar-refractivity contribution < 1.29 is 0 Å². The van der Waals surface area contributed by atoms with E-state index in [1.165, 1.54) is 24.0 Å². The summed E-state index contributed by atoms with van der Waals surface area (Å²) in [6, 6.07) is 15.5. The van der Waals surface area contributed by atoms with Gasteiger partial charge in [0.15, 0.2) is 0 Å². The third-order valence-corrected chi connectivity index (χ3v) is 4.33. The summed E-state index contributed by atoms with van der Waals surface area (Å²) in [4.78, 5) is 4.64. The minimum absolute atomic E-state index is 0.560. The van der Waals surface area contributed by atoms with Gasteiger partial charge in [0, 0.05) is 25.0 Å². The summed E-state index contributed by atoms with van der Waals surface area (Å²) in [7, 11) is 0. The van der Waals surface area contributed by atoms with Gasteiger partial charge in [0.05, 0.1) is 5.69 Å². The molecule has 0 fully saturated rings. The molecule has 1 aromatic carbocycles. The fourth-order valence-corrected chi connectivity index (χ4v) is 3.19. The Labute approximate surface area is 124 Å². The largest absolute Gasteiger partial charge is 0.308 e. The maximum Gasteiger partial charge on any atom is 0.137 e. The average molecular weight is 277 g/mol. The normalized spacial score (nSPS) is 17.8. The van der Waals surface area contributed by atoms with Gasteiger partial charge < -0.3 is 9.72 Å². The van der Waals surface area contributed by atoms with Gasteiger partial charge in [0.1, 0.15) is 5.65 Å². The van der Waals surface area contributed by atoms with Crippen LogP contribution in [0.5, 0.6) is 0 Å². The van der Waals surface area contributed by atoms with E-state index in [9.17, 15) is 0 Å². The van der Waals surface area contributed by atoms with E-state index in [4.69, 9.17) is 0 Å². The van der Waals surface area contributed by atoms with Crippen molar-refractivity contribution in [2.75, 3.05) is 0 Å². The van der Waals surface area contributed by atoms with Gasteiger partial charge in [-0.1, -0.05) is 30.3 Å². The number of pyridine rings is 1. The number of rotatable bonds is 3. The number of nitrogens with zero attached hydrogens (tertiary/aromatic N) is 2. The molecule has 1 atom stereocenters. The van der Waals surface area contributed by atoms with Crippen LogP contribution in [0, 0.1) is 0 Å². The van der Waals surface area contributed by atoms with Crippen molar-refractivity contribution in [1.82, 2.24) is 14.7 Å². The molecular weight excluding hydrogens is 258 g/mol. The lowest BCUT2D eigenvalue weighted by Gasteiger charge is -2.25. The van der Waals surface area contributed by atoms with Crippen LogP contribution in [0.4, 0.5) is 0 Å². The Hall–Kier alpha value is -2.13. The lowest BCUT2D eigenvalue weighted by atomic mass is 9.88. The van der Waals surface area contributed by atoms with Gasteiger partial charge in [0.2, 0.25) is 0 Å². The zero-order chi connectivity index (χ0) is 14.1. The summed E-state index contributed by atoms with van der Waals surface area (Å²) in [5.74, 6) is 0. The van der Waals surface area contributed by atoms with Crippen molar-refractivity contribution in [3.8, 4) is 0 Å². The molecular formula is C18H19N3. The van der Waals surface area contributed by atoms with Crippen molar-refractivity contribution in [2.24, 2.45) is 0 Å². The number of hydrogen-bond acceptors (Lipinski definition) is 2. The number of fused-ring (bicyclic) bond motifs is 2. The van der Waals surface area contributed by atoms with E-state index >= 15 is 0 Å². The monoisotopic (exact) mass is 277 g/mol. The zero-order valence-corrected chi connectivity index (χ0v) is 12.0. The van der Waals surface area contributed by atoms with Crippen molar-refractivity contribution in [3.63, 3.8) is 0 Å². The summed E-state index contributed by atoms with van der Waals surface area (Å²) in [5.41, 5.74) is 5.14. The van der Waals surface area contributed by atoms with Crippen LogP contribution in [0.1, 0.15) is 23.2 Å². The molecule has 0 bridgehead atoms. The fourth-order valence-electron chi connectivity index (χ4n) is 3.19. The molecule has 1 aliphatic carbocycles. The minimum Gasteiger partial charge on any atom is -0.308 e. The lowest BCUT2D eigenvalue weighted by molar-refractivity contribution is 0.455. The second-order valence-electron chi connectivity index (χ2n) is 5.79. The second kappa shape index (κ2) is 5.34. The molecule has 1 aliphatic rings. The molecule has 1 unspecified atom stereocenters. The Bertz CT molecular complexity index is 727. The van der Waals surface area contributed by atoms with E-state index in [-0.39, 0.29) is 0 Å². The highest BCUT2D eigenvalue weighted by Crippen LogP contribution is 2.21. The fraction of sp³-hybridized carbons (Fsp3) is 0.278. The zero-order valence-electron chi connectivity index (χ0n) is 12.0. The number of benzene rings is 1. The average Bonchev–Trinajstić information content (AvgIpc) is 2.95. The molecule has 0 amide bonds. The maximum absolute atomic E-state index is 4.64. The first kappa shape index (κ1) is 12.6. The number of aryl methyl sites for hydroxylation is 1. The molecule has 0 aliphatic heterocycles. The van der Waals surface area contributed by atoms with Crippen molar-refractivity contribution in [1.29, 1.82) is 0 Å². The van der Waals surface area contributed by atoms with Gasteiger partial charge in [-0.05, 0) is 42.5 Å². The summed E-state index contributed by atoms with van der Waals surface area (Å²) in [6.07, 6.45) is 7.68. The van der Waals surface area contributed by atoms with Gasteiger partial charge in [-0.2, -0.15) is 0 Å². The van der Waals surface area contributed by atoms with Crippen LogP contribution in [-0.2, 0) is 19.4 Å². The third kappa shape index (κ3) is 2.57. The molecule has 2 heterocycles. The van der Waals surface area contributed by atoms with Crippen LogP contribution in [0.25, 0.3) is 5.65 Å². The number of nitrogens with one attached hydrogen (secondary N) is 1. The maximum atomic E-state index is 4.64. The van der Waals surface area contributed by atoms with Crippen LogP contribution in [0.2, 0.25) is 0 Å². The van der Waals surface area contributed by atoms with Crippen LogP contribution in [0.15, 0.2) is 54.9 Å². The number of imidazole rings is 1. The highest BCUT2D eigenvalue weighted by molar-refractivity contribution is 5.39. The molecule has 2 aromatic heterocycles. The van der Waals surface area contributed by atoms with Crippen molar-refractivity contribution >= 4 is 5.65 Å². The SMILES string of the molecule is c1ccc2c(c1)CCC(NCc1cn3ccccc3n1)C2. The lowest BCUT2D eigenvalue weighted by Crippen LogP contribution is -2.34. The Morgan fingerprint density at radius 1 is 1.10 bits per heavy atom. The molecule has 0 spiro atoms. The molecule has 21 heavy (non-hydrogen) atoms. The van der Waals surface area contributed by atoms with Gasteiger partial charge >= 0.3 is 0 Å². The molecule has 106 valence electrons. The first-order valence-corrected chi connectivity index (χ1v) is 7.61. The third-order valence-electron chi connectivity index (χ3n) is 4.33. The topological polar surface area (TPSA) is 29.3 Å². The van der Waals surface area contributed by atoms with Crippen molar-refractivity contribution in [3.05, 3.63) is 71.7 Å². The summed E-state index contributed by atoms with van der Waals surface area (Å²) in [5, 5.41) is 3.66. The minimum atomic E-state index is 0.560. The quantitative estimate of drug-likeness (QED) is 0.797. The molecule has 3 heteroatoms. The molecule has 4 rings (SSSR count). The molecule has 1 N–H and O–H groups in total. The molecule has 0 saturated heterocycles. The van der Waals surface area contributed by atoms with E-state index in [0.717, 1.165) is 24.3 Å². The summed E-state index contributed by atoms with van der Waals surface area (Å²) >= 11 is 0. The Kier molecular flexibility index (Phi) is 3.20. The smallest absolute Gasteiger partial charge is 0.137 e. The molecule has 0 radical (unpaired) electrons. The van der Waals surface area contributed by atoms with Gasteiger partial charge in [-0.3, -0.25) is 0 Å². The molecule has 3 nitrogen and oxygen atoms in total. The Balaban J connectivity index is 1.43. The van der Waals surface area contributed by atoms with Crippen LogP contribution in [-0.4, -0.2) is 15.4 Å². The van der Waals surface area contributed by atoms with Crippen molar-refractivity contribution in [2.45, 2.75) is 31.8 Å². The van der Waals surface area contributed by atoms with Crippen LogP contribution < -0.4 is 5.32 Å². The predicted molar refractivity (Wildman–Crippen MR) is 84.3 cm³/mol. The summed E-state index contributed by atoms with van der Waals surface area (Å²) < 4.78 is 2.08. The van der Waals surface area contributed by atoms with E-state index in [1.807, 2.05) is 24.4 Å². The van der Waals surface area contributed by atoms with Gasteiger partial charge in [0.25, 0.3) is 0 Å². The Morgan fingerprint density at radius 3 is 2.86 bits per heavy atom. The highest BCUT2D eigenvalue weighted by atomic mass is 15.0. The van der Waals surface area contributed by atoms with Gasteiger partial charge in [-0.15, -0.1) is 0 Å². The second-order valence-corrected chi connectivity index (χ2v) is 5.79. The first-order chi connectivity index (χ1) is 10.4. The van der Waals surface area contributed by atoms with E-state index in [2.05, 4.69) is 45.2 Å². The van der Waals surface area contributed by atoms with E-state index in [0.29, 0.717) is 6.04 Å². The molecule has 3 aromatic rings. The standard InChI is InChI=1S/C18H19N3/c1-2-6-15-11-16(9-8-14(15)5-1)19-12-17-13-21-10-4-3-7-18(21)20-17/h1-7,10,13,16,19H,8-9,11-12H2.